The zero-order valence-electron chi connectivity index (χ0n) is 10.7. The van der Waals surface area contributed by atoms with Crippen LogP contribution in [-0.4, -0.2) is 36.6 Å². The molecule has 0 saturated carbocycles. The molecule has 0 aromatic heterocycles. The molecule has 2 saturated heterocycles. The van der Waals surface area contributed by atoms with Gasteiger partial charge in [0, 0.05) is 19.1 Å². The van der Waals surface area contributed by atoms with Crippen LogP contribution in [0, 0.1) is 5.82 Å². The number of carbonyl (C=O) groups is 1. The molecule has 2 amide bonds. The molecule has 5 heteroatoms. The number of benzene rings is 1. The Bertz CT molecular complexity index is 456. The summed E-state index contributed by atoms with van der Waals surface area (Å²) in [6, 6.07) is 6.59. The number of urea groups is 1. The maximum atomic E-state index is 12.9. The fourth-order valence-electron chi connectivity index (χ4n) is 2.86. The first-order valence-corrected chi connectivity index (χ1v) is 6.77. The van der Waals surface area contributed by atoms with Crippen molar-refractivity contribution in [3.8, 4) is 0 Å². The van der Waals surface area contributed by atoms with Crippen LogP contribution in [0.2, 0.25) is 0 Å². The van der Waals surface area contributed by atoms with Crippen LogP contribution >= 0.6 is 0 Å². The predicted octanol–water partition coefficient (Wildman–Crippen LogP) is 1.64. The number of hydrogen-bond acceptors (Lipinski definition) is 2. The van der Waals surface area contributed by atoms with Crippen LogP contribution in [0.5, 0.6) is 0 Å². The van der Waals surface area contributed by atoms with Crippen LogP contribution in [0.1, 0.15) is 24.4 Å². The van der Waals surface area contributed by atoms with Gasteiger partial charge in [-0.05, 0) is 37.1 Å². The number of rotatable bonds is 2. The first-order chi connectivity index (χ1) is 9.24. The van der Waals surface area contributed by atoms with Crippen molar-refractivity contribution < 1.29 is 9.18 Å². The first-order valence-electron chi connectivity index (χ1n) is 6.77. The minimum Gasteiger partial charge on any atom is -0.329 e. The van der Waals surface area contributed by atoms with Crippen LogP contribution in [0.4, 0.5) is 9.18 Å². The molecule has 2 aliphatic rings. The summed E-state index contributed by atoms with van der Waals surface area (Å²) >= 11 is 0. The van der Waals surface area contributed by atoms with Gasteiger partial charge in [0.05, 0.1) is 6.04 Å². The van der Waals surface area contributed by atoms with E-state index >= 15 is 0 Å². The van der Waals surface area contributed by atoms with E-state index in [-0.39, 0.29) is 23.9 Å². The van der Waals surface area contributed by atoms with Gasteiger partial charge in [-0.2, -0.15) is 0 Å². The van der Waals surface area contributed by atoms with Gasteiger partial charge in [0.1, 0.15) is 5.82 Å². The van der Waals surface area contributed by atoms with Crippen molar-refractivity contribution in [1.82, 2.24) is 15.5 Å². The summed E-state index contributed by atoms with van der Waals surface area (Å²) in [6.45, 7) is 2.56. The molecule has 0 spiro atoms. The smallest absolute Gasteiger partial charge is 0.318 e. The lowest BCUT2D eigenvalue weighted by Gasteiger charge is -2.30. The Morgan fingerprint density at radius 1 is 1.26 bits per heavy atom. The number of hydrogen-bond donors (Lipinski definition) is 2. The van der Waals surface area contributed by atoms with Crippen molar-refractivity contribution in [3.05, 3.63) is 35.6 Å². The van der Waals surface area contributed by atoms with E-state index in [0.29, 0.717) is 6.54 Å². The van der Waals surface area contributed by atoms with Gasteiger partial charge in [0.2, 0.25) is 0 Å². The summed E-state index contributed by atoms with van der Waals surface area (Å²) in [4.78, 5) is 13.9. The van der Waals surface area contributed by atoms with Gasteiger partial charge in [0.25, 0.3) is 0 Å². The number of nitrogens with zero attached hydrogens (tertiary/aromatic N) is 1. The molecule has 0 aliphatic carbocycles. The number of piperidine rings is 1. The van der Waals surface area contributed by atoms with E-state index in [2.05, 4.69) is 10.6 Å². The predicted molar refractivity (Wildman–Crippen MR) is 70.3 cm³/mol. The lowest BCUT2D eigenvalue weighted by Crippen LogP contribution is -2.47. The van der Waals surface area contributed by atoms with Gasteiger partial charge in [-0.1, -0.05) is 12.1 Å². The normalized spacial score (nSPS) is 27.4. The van der Waals surface area contributed by atoms with Crippen LogP contribution < -0.4 is 10.6 Å². The molecule has 2 atom stereocenters. The zero-order chi connectivity index (χ0) is 13.2. The van der Waals surface area contributed by atoms with Crippen LogP contribution in [0.25, 0.3) is 0 Å². The van der Waals surface area contributed by atoms with Crippen LogP contribution in [0.15, 0.2) is 24.3 Å². The third-order valence-corrected chi connectivity index (χ3v) is 3.92. The summed E-state index contributed by atoms with van der Waals surface area (Å²) in [5.41, 5.74) is 0.959. The van der Waals surface area contributed by atoms with Crippen molar-refractivity contribution in [2.75, 3.05) is 19.6 Å². The second-order valence-corrected chi connectivity index (χ2v) is 5.21. The van der Waals surface area contributed by atoms with Gasteiger partial charge in [-0.25, -0.2) is 9.18 Å². The average molecular weight is 263 g/mol. The maximum Gasteiger partial charge on any atom is 0.318 e. The highest BCUT2D eigenvalue weighted by molar-refractivity contribution is 5.77. The van der Waals surface area contributed by atoms with E-state index in [4.69, 9.17) is 0 Å². The highest BCUT2D eigenvalue weighted by atomic mass is 19.1. The molecule has 1 aromatic carbocycles. The van der Waals surface area contributed by atoms with Crippen molar-refractivity contribution in [3.63, 3.8) is 0 Å². The van der Waals surface area contributed by atoms with Crippen molar-refractivity contribution in [1.29, 1.82) is 0 Å². The second kappa shape index (κ2) is 5.17. The van der Waals surface area contributed by atoms with E-state index in [1.165, 1.54) is 12.1 Å². The van der Waals surface area contributed by atoms with E-state index in [0.717, 1.165) is 31.5 Å². The molecule has 2 fully saturated rings. The van der Waals surface area contributed by atoms with E-state index in [1.807, 2.05) is 4.90 Å². The van der Waals surface area contributed by atoms with Gasteiger partial charge in [-0.3, -0.25) is 0 Å². The molecule has 2 unspecified atom stereocenters. The fourth-order valence-corrected chi connectivity index (χ4v) is 2.86. The molecular weight excluding hydrogens is 245 g/mol. The van der Waals surface area contributed by atoms with E-state index in [9.17, 15) is 9.18 Å². The minimum atomic E-state index is -0.249. The molecule has 1 aromatic rings. The number of amides is 2. The SMILES string of the molecule is O=C1NC(c2ccc(F)cc2)CN1C1CCCNC1. The molecule has 0 bridgehead atoms. The highest BCUT2D eigenvalue weighted by Crippen LogP contribution is 2.24. The maximum absolute atomic E-state index is 12.9. The van der Waals surface area contributed by atoms with Crippen molar-refractivity contribution in [2.24, 2.45) is 0 Å². The number of nitrogens with one attached hydrogen (secondary N) is 2. The Labute approximate surface area is 112 Å². The monoisotopic (exact) mass is 263 g/mol. The van der Waals surface area contributed by atoms with Crippen molar-refractivity contribution in [2.45, 2.75) is 24.9 Å². The van der Waals surface area contributed by atoms with E-state index in [1.54, 1.807) is 12.1 Å². The largest absolute Gasteiger partial charge is 0.329 e. The third kappa shape index (κ3) is 2.56. The third-order valence-electron chi connectivity index (χ3n) is 3.92. The summed E-state index contributed by atoms with van der Waals surface area (Å²) in [5.74, 6) is -0.249. The minimum absolute atomic E-state index is 0.0111. The molecular formula is C14H18FN3O. The summed E-state index contributed by atoms with van der Waals surface area (Å²) < 4.78 is 12.9. The molecule has 102 valence electrons. The topological polar surface area (TPSA) is 44.4 Å². The van der Waals surface area contributed by atoms with Crippen molar-refractivity contribution >= 4 is 6.03 Å². The molecule has 0 radical (unpaired) electrons. The van der Waals surface area contributed by atoms with Crippen LogP contribution in [0.3, 0.4) is 0 Å². The zero-order valence-corrected chi connectivity index (χ0v) is 10.7. The standard InChI is InChI=1S/C14H18FN3O/c15-11-5-3-10(4-6-11)13-9-18(14(19)17-13)12-2-1-7-16-8-12/h3-6,12-13,16H,1-2,7-9H2,(H,17,19). The lowest BCUT2D eigenvalue weighted by molar-refractivity contribution is 0.184. The Morgan fingerprint density at radius 2 is 2.05 bits per heavy atom. The van der Waals surface area contributed by atoms with Gasteiger partial charge in [0.15, 0.2) is 0 Å². The van der Waals surface area contributed by atoms with Gasteiger partial charge in [-0.15, -0.1) is 0 Å². The highest BCUT2D eigenvalue weighted by Gasteiger charge is 2.34. The molecule has 2 aliphatic heterocycles. The molecule has 2 heterocycles. The number of halogens is 1. The van der Waals surface area contributed by atoms with Gasteiger partial charge >= 0.3 is 6.03 Å². The second-order valence-electron chi connectivity index (χ2n) is 5.21. The quantitative estimate of drug-likeness (QED) is 0.852. The summed E-state index contributed by atoms with van der Waals surface area (Å²) in [7, 11) is 0. The summed E-state index contributed by atoms with van der Waals surface area (Å²) in [5, 5.41) is 6.30. The molecule has 19 heavy (non-hydrogen) atoms. The fraction of sp³-hybridized carbons (Fsp3) is 0.500. The molecule has 4 nitrogen and oxygen atoms in total. The van der Waals surface area contributed by atoms with Gasteiger partial charge < -0.3 is 15.5 Å². The molecule has 2 N–H and O–H groups in total. The molecule has 3 rings (SSSR count). The Hall–Kier alpha value is -1.62. The van der Waals surface area contributed by atoms with E-state index < -0.39 is 0 Å². The van der Waals surface area contributed by atoms with Crippen LogP contribution in [-0.2, 0) is 0 Å². The summed E-state index contributed by atoms with van der Waals surface area (Å²) in [6.07, 6.45) is 2.16. The number of carbonyl (C=O) groups excluding carboxylic acids is 1. The first kappa shape index (κ1) is 12.4. The lowest BCUT2D eigenvalue weighted by atomic mass is 10.0. The Morgan fingerprint density at radius 3 is 2.74 bits per heavy atom. The Kier molecular flexibility index (Phi) is 3.38. The Balaban J connectivity index is 1.70. The average Bonchev–Trinajstić information content (AvgIpc) is 2.83.